The number of amides is 1. The highest BCUT2D eigenvalue weighted by atomic mass is 35.5. The van der Waals surface area contributed by atoms with E-state index in [9.17, 15) is 13.2 Å². The molecule has 0 heterocycles. The van der Waals surface area contributed by atoms with Crippen molar-refractivity contribution in [3.8, 4) is 5.75 Å². The molecule has 0 bridgehead atoms. The molecular formula is C27H25ClN2O4S. The molecule has 8 heteroatoms. The van der Waals surface area contributed by atoms with Gasteiger partial charge in [-0.2, -0.15) is 4.72 Å². The van der Waals surface area contributed by atoms with Crippen LogP contribution >= 0.6 is 11.6 Å². The van der Waals surface area contributed by atoms with Crippen molar-refractivity contribution in [3.05, 3.63) is 102 Å². The van der Waals surface area contributed by atoms with Gasteiger partial charge in [0.1, 0.15) is 16.7 Å². The lowest BCUT2D eigenvalue weighted by Gasteiger charge is -2.20. The van der Waals surface area contributed by atoms with E-state index in [0.29, 0.717) is 5.69 Å². The van der Waals surface area contributed by atoms with Gasteiger partial charge in [0, 0.05) is 16.1 Å². The van der Waals surface area contributed by atoms with E-state index in [4.69, 9.17) is 16.3 Å². The zero-order chi connectivity index (χ0) is 24.8. The Kier molecular flexibility index (Phi) is 7.70. The average Bonchev–Trinajstić information content (AvgIpc) is 2.85. The van der Waals surface area contributed by atoms with Gasteiger partial charge in [0.05, 0.1) is 6.61 Å². The summed E-state index contributed by atoms with van der Waals surface area (Å²) >= 11 is 6.09. The lowest BCUT2D eigenvalue weighted by atomic mass is 10.1. The summed E-state index contributed by atoms with van der Waals surface area (Å²) in [5, 5.41) is 4.97. The van der Waals surface area contributed by atoms with Gasteiger partial charge < -0.3 is 10.1 Å². The third-order valence-corrected chi connectivity index (χ3v) is 7.17. The van der Waals surface area contributed by atoms with Crippen LogP contribution in [0.25, 0.3) is 10.8 Å². The van der Waals surface area contributed by atoms with Crippen molar-refractivity contribution in [1.82, 2.24) is 4.72 Å². The lowest BCUT2D eigenvalue weighted by molar-refractivity contribution is -0.117. The first-order chi connectivity index (χ1) is 16.9. The zero-order valence-corrected chi connectivity index (χ0v) is 20.6. The number of hydrogen-bond acceptors (Lipinski definition) is 4. The Hall–Kier alpha value is -3.39. The first kappa shape index (κ1) is 24.7. The zero-order valence-electron chi connectivity index (χ0n) is 19.1. The van der Waals surface area contributed by atoms with Crippen LogP contribution in [0.2, 0.25) is 5.02 Å². The van der Waals surface area contributed by atoms with E-state index in [1.165, 1.54) is 12.1 Å². The molecule has 0 aromatic heterocycles. The summed E-state index contributed by atoms with van der Waals surface area (Å²) < 4.78 is 34.9. The van der Waals surface area contributed by atoms with Crippen LogP contribution in [-0.4, -0.2) is 27.0 Å². The molecule has 0 radical (unpaired) electrons. The number of sulfonamides is 1. The number of benzene rings is 4. The second-order valence-corrected chi connectivity index (χ2v) is 10.0. The number of ether oxygens (including phenoxy) is 1. The molecule has 2 N–H and O–H groups in total. The SMILES string of the molecule is CCOc1ccc(Cl)cc1S(=O)(=O)NC(Cc1ccccc1)C(=O)Nc1cccc2ccccc12. The number of fused-ring (bicyclic) bond motifs is 1. The summed E-state index contributed by atoms with van der Waals surface area (Å²) in [5.41, 5.74) is 1.41. The Morgan fingerprint density at radius 1 is 0.943 bits per heavy atom. The minimum absolute atomic E-state index is 0.122. The summed E-state index contributed by atoms with van der Waals surface area (Å²) in [5.74, 6) is -0.314. The van der Waals surface area contributed by atoms with Gasteiger partial charge in [-0.3, -0.25) is 4.79 Å². The smallest absolute Gasteiger partial charge is 0.245 e. The van der Waals surface area contributed by atoms with Crippen molar-refractivity contribution in [1.29, 1.82) is 0 Å². The Labute approximate surface area is 209 Å². The summed E-state index contributed by atoms with van der Waals surface area (Å²) in [6, 6.07) is 25.8. The lowest BCUT2D eigenvalue weighted by Crippen LogP contribution is -2.45. The minimum atomic E-state index is -4.16. The molecule has 180 valence electrons. The van der Waals surface area contributed by atoms with Crippen molar-refractivity contribution < 1.29 is 17.9 Å². The first-order valence-electron chi connectivity index (χ1n) is 11.1. The van der Waals surface area contributed by atoms with Crippen molar-refractivity contribution in [3.63, 3.8) is 0 Å². The van der Waals surface area contributed by atoms with Crippen molar-refractivity contribution >= 4 is 44.0 Å². The van der Waals surface area contributed by atoms with Crippen molar-refractivity contribution in [2.45, 2.75) is 24.3 Å². The van der Waals surface area contributed by atoms with E-state index < -0.39 is 22.0 Å². The van der Waals surface area contributed by atoms with Gasteiger partial charge >= 0.3 is 0 Å². The van der Waals surface area contributed by atoms with Crippen LogP contribution in [0.5, 0.6) is 5.75 Å². The standard InChI is InChI=1S/C27H25ClN2O4S/c1-2-34-25-16-15-21(28)18-26(25)35(32,33)30-24(17-19-9-4-3-5-10-19)27(31)29-23-14-8-12-20-11-6-7-13-22(20)23/h3-16,18,24,30H,2,17H2,1H3,(H,29,31). The number of carbonyl (C=O) groups is 1. The largest absolute Gasteiger partial charge is 0.492 e. The molecule has 4 aromatic rings. The third kappa shape index (κ3) is 6.00. The van der Waals surface area contributed by atoms with Crippen LogP contribution in [0.1, 0.15) is 12.5 Å². The maximum Gasteiger partial charge on any atom is 0.245 e. The summed E-state index contributed by atoms with van der Waals surface area (Å²) in [7, 11) is -4.16. The third-order valence-electron chi connectivity index (χ3n) is 5.44. The Morgan fingerprint density at radius 3 is 2.43 bits per heavy atom. The predicted octanol–water partition coefficient (Wildman–Crippen LogP) is 5.42. The fraction of sp³-hybridized carbons (Fsp3) is 0.148. The maximum absolute atomic E-state index is 13.5. The number of rotatable bonds is 9. The van der Waals surface area contributed by atoms with E-state index in [0.717, 1.165) is 16.3 Å². The number of anilines is 1. The summed E-state index contributed by atoms with van der Waals surface area (Å²) in [4.78, 5) is 13.3. The predicted molar refractivity (Wildman–Crippen MR) is 139 cm³/mol. The van der Waals surface area contributed by atoms with E-state index in [1.807, 2.05) is 66.7 Å². The van der Waals surface area contributed by atoms with E-state index in [-0.39, 0.29) is 28.7 Å². The monoisotopic (exact) mass is 508 g/mol. The molecule has 1 atom stereocenters. The van der Waals surface area contributed by atoms with Gasteiger partial charge in [0.2, 0.25) is 15.9 Å². The molecule has 0 spiro atoms. The van der Waals surface area contributed by atoms with Gasteiger partial charge in [-0.15, -0.1) is 0 Å². The van der Waals surface area contributed by atoms with E-state index >= 15 is 0 Å². The normalized spacial score (nSPS) is 12.3. The molecular weight excluding hydrogens is 484 g/mol. The van der Waals surface area contributed by atoms with Gasteiger partial charge in [-0.25, -0.2) is 8.42 Å². The molecule has 0 aliphatic heterocycles. The van der Waals surface area contributed by atoms with Gasteiger partial charge in [-0.05, 0) is 48.6 Å². The van der Waals surface area contributed by atoms with Crippen LogP contribution in [0.15, 0.2) is 95.9 Å². The molecule has 0 aliphatic carbocycles. The van der Waals surface area contributed by atoms with Crippen LogP contribution in [-0.2, 0) is 21.2 Å². The van der Waals surface area contributed by atoms with Crippen LogP contribution in [0, 0.1) is 0 Å². The Bertz CT molecular complexity index is 1440. The molecule has 35 heavy (non-hydrogen) atoms. The number of hydrogen-bond donors (Lipinski definition) is 2. The average molecular weight is 509 g/mol. The molecule has 0 saturated heterocycles. The second kappa shape index (κ2) is 10.9. The van der Waals surface area contributed by atoms with Gasteiger partial charge in [0.15, 0.2) is 0 Å². The highest BCUT2D eigenvalue weighted by molar-refractivity contribution is 7.89. The second-order valence-electron chi connectivity index (χ2n) is 7.90. The molecule has 0 fully saturated rings. The summed E-state index contributed by atoms with van der Waals surface area (Å²) in [6.07, 6.45) is 0.154. The molecule has 6 nitrogen and oxygen atoms in total. The van der Waals surface area contributed by atoms with Crippen molar-refractivity contribution in [2.75, 3.05) is 11.9 Å². The molecule has 1 amide bonds. The molecule has 4 rings (SSSR count). The van der Waals surface area contributed by atoms with Crippen molar-refractivity contribution in [2.24, 2.45) is 0 Å². The van der Waals surface area contributed by atoms with E-state index in [1.54, 1.807) is 19.1 Å². The fourth-order valence-corrected chi connectivity index (χ4v) is 5.41. The topological polar surface area (TPSA) is 84.5 Å². The van der Waals surface area contributed by atoms with E-state index in [2.05, 4.69) is 10.0 Å². The van der Waals surface area contributed by atoms with Gasteiger partial charge in [-0.1, -0.05) is 78.3 Å². The summed E-state index contributed by atoms with van der Waals surface area (Å²) in [6.45, 7) is 2.04. The molecule has 0 saturated carbocycles. The van der Waals surface area contributed by atoms with Crippen LogP contribution < -0.4 is 14.8 Å². The Morgan fingerprint density at radius 2 is 1.66 bits per heavy atom. The number of halogens is 1. The highest BCUT2D eigenvalue weighted by Gasteiger charge is 2.29. The molecule has 0 aliphatic rings. The fourth-order valence-electron chi connectivity index (χ4n) is 3.81. The number of nitrogens with one attached hydrogen (secondary N) is 2. The van der Waals surface area contributed by atoms with Gasteiger partial charge in [0.25, 0.3) is 0 Å². The Balaban J connectivity index is 1.68. The molecule has 4 aromatic carbocycles. The van der Waals surface area contributed by atoms with Crippen LogP contribution in [0.4, 0.5) is 5.69 Å². The maximum atomic E-state index is 13.5. The minimum Gasteiger partial charge on any atom is -0.492 e. The van der Waals surface area contributed by atoms with Crippen LogP contribution in [0.3, 0.4) is 0 Å². The first-order valence-corrected chi connectivity index (χ1v) is 13.0. The number of carbonyl (C=O) groups excluding carboxylic acids is 1. The molecule has 1 unspecified atom stereocenters. The highest BCUT2D eigenvalue weighted by Crippen LogP contribution is 2.28. The quantitative estimate of drug-likeness (QED) is 0.316.